The zero-order chi connectivity index (χ0) is 13.9. The molecule has 0 saturated carbocycles. The van der Waals surface area contributed by atoms with E-state index in [9.17, 15) is 10.1 Å². The van der Waals surface area contributed by atoms with Crippen molar-refractivity contribution in [1.82, 2.24) is 0 Å². The van der Waals surface area contributed by atoms with Crippen molar-refractivity contribution < 1.29 is 4.92 Å². The third kappa shape index (κ3) is 1.36. The number of nitrogens with zero attached hydrogens (tertiary/aromatic N) is 1. The highest BCUT2D eigenvalue weighted by Crippen LogP contribution is 2.47. The van der Waals surface area contributed by atoms with Crippen LogP contribution < -0.4 is 5.73 Å². The van der Waals surface area contributed by atoms with Crippen LogP contribution >= 0.6 is 0 Å². The Hall–Kier alpha value is -2.36. The van der Waals surface area contributed by atoms with Gasteiger partial charge in [0.2, 0.25) is 0 Å². The minimum absolute atomic E-state index is 0.117. The predicted molar refractivity (Wildman–Crippen MR) is 77.8 cm³/mol. The highest BCUT2D eigenvalue weighted by Gasteiger charge is 2.32. The Bertz CT molecular complexity index is 751. The Balaban J connectivity index is 2.13. The molecule has 0 fully saturated rings. The molecule has 0 unspecified atom stereocenters. The van der Waals surface area contributed by atoms with Gasteiger partial charge in [0, 0.05) is 5.56 Å². The maximum absolute atomic E-state index is 11.3. The lowest BCUT2D eigenvalue weighted by Gasteiger charge is -2.29. The van der Waals surface area contributed by atoms with Crippen molar-refractivity contribution in [2.45, 2.75) is 25.7 Å². The average molecular weight is 266 g/mol. The zero-order valence-corrected chi connectivity index (χ0v) is 11.0. The molecule has 0 heterocycles. The van der Waals surface area contributed by atoms with E-state index in [2.05, 4.69) is 18.2 Å². The standard InChI is InChI=1S/C16H14N2O2/c17-13-8-11-5-4-9-2-1-3-10-6-7-12(15(11)14(9)10)16(13)18(19)20/h1-3,8H,4-7,17H2. The van der Waals surface area contributed by atoms with Gasteiger partial charge in [0.1, 0.15) is 5.69 Å². The molecule has 2 aromatic rings. The smallest absolute Gasteiger partial charge is 0.295 e. The molecule has 0 saturated heterocycles. The number of hydrogen-bond donors (Lipinski definition) is 1. The van der Waals surface area contributed by atoms with Crippen molar-refractivity contribution in [1.29, 1.82) is 0 Å². The normalized spacial score (nSPS) is 14.8. The molecule has 0 aromatic heterocycles. The van der Waals surface area contributed by atoms with Crippen LogP contribution in [0.5, 0.6) is 0 Å². The van der Waals surface area contributed by atoms with Gasteiger partial charge in [-0.3, -0.25) is 10.1 Å². The number of aryl methyl sites for hydroxylation is 3. The van der Waals surface area contributed by atoms with E-state index in [1.165, 1.54) is 22.3 Å². The monoisotopic (exact) mass is 266 g/mol. The van der Waals surface area contributed by atoms with Crippen molar-refractivity contribution in [3.8, 4) is 11.1 Å². The number of nitro benzene ring substituents is 1. The van der Waals surface area contributed by atoms with Gasteiger partial charge in [-0.15, -0.1) is 0 Å². The fourth-order valence-electron chi connectivity index (χ4n) is 3.70. The molecule has 0 atom stereocenters. The average Bonchev–Trinajstić information content (AvgIpc) is 2.43. The highest BCUT2D eigenvalue weighted by atomic mass is 16.6. The summed E-state index contributed by atoms with van der Waals surface area (Å²) < 4.78 is 0. The second kappa shape index (κ2) is 3.82. The van der Waals surface area contributed by atoms with Crippen LogP contribution in [0.15, 0.2) is 24.3 Å². The second-order valence-electron chi connectivity index (χ2n) is 5.54. The molecule has 2 aromatic carbocycles. The van der Waals surface area contributed by atoms with Gasteiger partial charge < -0.3 is 5.73 Å². The van der Waals surface area contributed by atoms with E-state index < -0.39 is 0 Å². The maximum atomic E-state index is 11.3. The molecule has 0 amide bonds. The number of rotatable bonds is 1. The summed E-state index contributed by atoms with van der Waals surface area (Å²) in [5.74, 6) is 0. The van der Waals surface area contributed by atoms with E-state index >= 15 is 0 Å². The Labute approximate surface area is 116 Å². The summed E-state index contributed by atoms with van der Waals surface area (Å²) in [6.07, 6.45) is 3.48. The lowest BCUT2D eigenvalue weighted by Crippen LogP contribution is -2.16. The molecule has 0 aliphatic heterocycles. The summed E-state index contributed by atoms with van der Waals surface area (Å²) in [7, 11) is 0. The predicted octanol–water partition coefficient (Wildman–Crippen LogP) is 3.04. The molecule has 4 heteroatoms. The minimum Gasteiger partial charge on any atom is -0.393 e. The van der Waals surface area contributed by atoms with Crippen LogP contribution in [0.3, 0.4) is 0 Å². The Morgan fingerprint density at radius 3 is 2.35 bits per heavy atom. The fraction of sp³-hybridized carbons (Fsp3) is 0.250. The van der Waals surface area contributed by atoms with E-state index in [-0.39, 0.29) is 10.6 Å². The quantitative estimate of drug-likeness (QED) is 0.490. The lowest BCUT2D eigenvalue weighted by molar-refractivity contribution is -0.384. The third-order valence-corrected chi connectivity index (χ3v) is 4.49. The van der Waals surface area contributed by atoms with Crippen molar-refractivity contribution in [3.63, 3.8) is 0 Å². The van der Waals surface area contributed by atoms with Gasteiger partial charge in [-0.1, -0.05) is 18.2 Å². The molecule has 0 bridgehead atoms. The van der Waals surface area contributed by atoms with Crippen LogP contribution in [0.1, 0.15) is 22.3 Å². The number of benzene rings is 2. The SMILES string of the molecule is Nc1cc2c3c(c1[N+](=O)[O-])CCc1cccc(c1-3)CC2. The van der Waals surface area contributed by atoms with E-state index in [4.69, 9.17) is 5.73 Å². The summed E-state index contributed by atoms with van der Waals surface area (Å²) in [4.78, 5) is 11.0. The van der Waals surface area contributed by atoms with Crippen LogP contribution in [0.4, 0.5) is 11.4 Å². The van der Waals surface area contributed by atoms with Gasteiger partial charge in [0.05, 0.1) is 4.92 Å². The minimum atomic E-state index is -0.326. The summed E-state index contributed by atoms with van der Waals surface area (Å²) >= 11 is 0. The Kier molecular flexibility index (Phi) is 2.19. The van der Waals surface area contributed by atoms with Crippen LogP contribution in [0.25, 0.3) is 11.1 Å². The summed E-state index contributed by atoms with van der Waals surface area (Å²) in [6, 6.07) is 8.18. The summed E-state index contributed by atoms with van der Waals surface area (Å²) in [5.41, 5.74) is 13.3. The first-order chi connectivity index (χ1) is 9.66. The summed E-state index contributed by atoms with van der Waals surface area (Å²) in [6.45, 7) is 0. The zero-order valence-electron chi connectivity index (χ0n) is 11.0. The van der Waals surface area contributed by atoms with Gasteiger partial charge in [-0.2, -0.15) is 0 Å². The van der Waals surface area contributed by atoms with Crippen LogP contribution in [0, 0.1) is 10.1 Å². The molecular weight excluding hydrogens is 252 g/mol. The number of nitro groups is 1. The molecule has 4 rings (SSSR count). The maximum Gasteiger partial charge on any atom is 0.295 e. The largest absolute Gasteiger partial charge is 0.393 e. The van der Waals surface area contributed by atoms with Crippen LogP contribution in [-0.4, -0.2) is 4.92 Å². The van der Waals surface area contributed by atoms with E-state index in [1.54, 1.807) is 0 Å². The Morgan fingerprint density at radius 1 is 1.00 bits per heavy atom. The number of nitrogen functional groups attached to an aromatic ring is 1. The van der Waals surface area contributed by atoms with E-state index in [1.807, 2.05) is 6.07 Å². The van der Waals surface area contributed by atoms with Gasteiger partial charge >= 0.3 is 0 Å². The summed E-state index contributed by atoms with van der Waals surface area (Å²) in [5, 5.41) is 11.3. The fourth-order valence-corrected chi connectivity index (χ4v) is 3.70. The van der Waals surface area contributed by atoms with Crippen molar-refractivity contribution in [3.05, 3.63) is 56.6 Å². The van der Waals surface area contributed by atoms with Gasteiger partial charge in [-0.25, -0.2) is 0 Å². The van der Waals surface area contributed by atoms with E-state index in [0.717, 1.165) is 30.4 Å². The van der Waals surface area contributed by atoms with Gasteiger partial charge in [0.25, 0.3) is 5.69 Å². The molecule has 0 radical (unpaired) electrons. The highest BCUT2D eigenvalue weighted by molar-refractivity contribution is 5.86. The molecule has 2 aliphatic rings. The Morgan fingerprint density at radius 2 is 1.65 bits per heavy atom. The molecule has 4 nitrogen and oxygen atoms in total. The molecule has 20 heavy (non-hydrogen) atoms. The van der Waals surface area contributed by atoms with Crippen LogP contribution in [-0.2, 0) is 25.7 Å². The van der Waals surface area contributed by atoms with Crippen molar-refractivity contribution in [2.75, 3.05) is 5.73 Å². The first-order valence-electron chi connectivity index (χ1n) is 6.86. The molecule has 2 N–H and O–H groups in total. The molecular formula is C16H14N2O2. The second-order valence-corrected chi connectivity index (χ2v) is 5.54. The first-order valence-corrected chi connectivity index (χ1v) is 6.86. The van der Waals surface area contributed by atoms with Crippen LogP contribution in [0.2, 0.25) is 0 Å². The number of nitrogens with two attached hydrogens (primary N) is 1. The molecule has 2 aliphatic carbocycles. The van der Waals surface area contributed by atoms with Gasteiger partial charge in [-0.05, 0) is 59.6 Å². The van der Waals surface area contributed by atoms with E-state index in [0.29, 0.717) is 12.1 Å². The topological polar surface area (TPSA) is 69.2 Å². The van der Waals surface area contributed by atoms with Crippen molar-refractivity contribution in [2.24, 2.45) is 0 Å². The molecule has 100 valence electrons. The third-order valence-electron chi connectivity index (χ3n) is 4.49. The first kappa shape index (κ1) is 11.5. The number of hydrogen-bond acceptors (Lipinski definition) is 3. The molecule has 0 spiro atoms. The lowest BCUT2D eigenvalue weighted by atomic mass is 9.75. The van der Waals surface area contributed by atoms with Gasteiger partial charge in [0.15, 0.2) is 0 Å². The van der Waals surface area contributed by atoms with Crippen molar-refractivity contribution >= 4 is 11.4 Å². The number of anilines is 1.